The van der Waals surface area contributed by atoms with E-state index in [1.165, 1.54) is 25.7 Å². The highest BCUT2D eigenvalue weighted by Gasteiger charge is 2.26. The van der Waals surface area contributed by atoms with Gasteiger partial charge in [0.2, 0.25) is 5.91 Å². The van der Waals surface area contributed by atoms with Gasteiger partial charge in [-0.05, 0) is 39.3 Å². The first-order valence-corrected chi connectivity index (χ1v) is 8.83. The molecule has 1 saturated heterocycles. The molecule has 1 aliphatic heterocycles. The Morgan fingerprint density at radius 2 is 1.77 bits per heavy atom. The summed E-state index contributed by atoms with van der Waals surface area (Å²) in [5.74, 6) is 0.0292. The van der Waals surface area contributed by atoms with Crippen LogP contribution < -0.4 is 5.32 Å². The summed E-state index contributed by atoms with van der Waals surface area (Å²) in [6.45, 7) is 7.30. The van der Waals surface area contributed by atoms with Gasteiger partial charge < -0.3 is 10.1 Å². The maximum Gasteiger partial charge on any atom is 0.309 e. The van der Waals surface area contributed by atoms with Crippen molar-refractivity contribution in [3.05, 3.63) is 0 Å². The highest BCUT2D eigenvalue weighted by molar-refractivity contribution is 5.78. The van der Waals surface area contributed by atoms with Crippen molar-refractivity contribution in [3.8, 4) is 0 Å². The van der Waals surface area contributed by atoms with Crippen molar-refractivity contribution in [3.63, 3.8) is 0 Å². The zero-order chi connectivity index (χ0) is 16.2. The standard InChI is InChI=1S/C17H32N2O3/c1-3-5-6-7-8-11-18-16(20)14-19-12-9-15(10-13-19)17(21)22-4-2/h15H,3-14H2,1-2H3,(H,18,20). The maximum absolute atomic E-state index is 11.9. The number of ether oxygens (including phenoxy) is 1. The van der Waals surface area contributed by atoms with E-state index in [4.69, 9.17) is 4.74 Å². The zero-order valence-electron chi connectivity index (χ0n) is 14.2. The number of piperidine rings is 1. The molecule has 1 amide bonds. The van der Waals surface area contributed by atoms with E-state index in [1.54, 1.807) is 0 Å². The quantitative estimate of drug-likeness (QED) is 0.497. The smallest absolute Gasteiger partial charge is 0.309 e. The van der Waals surface area contributed by atoms with Crippen molar-refractivity contribution in [2.45, 2.75) is 58.8 Å². The Labute approximate surface area is 134 Å². The van der Waals surface area contributed by atoms with Gasteiger partial charge in [0, 0.05) is 6.54 Å². The molecular weight excluding hydrogens is 280 g/mol. The van der Waals surface area contributed by atoms with Gasteiger partial charge in [-0.15, -0.1) is 0 Å². The number of hydrogen-bond acceptors (Lipinski definition) is 4. The predicted molar refractivity (Wildman–Crippen MR) is 87.6 cm³/mol. The number of nitrogens with zero attached hydrogens (tertiary/aromatic N) is 1. The average Bonchev–Trinajstić information content (AvgIpc) is 2.51. The van der Waals surface area contributed by atoms with Crippen LogP contribution >= 0.6 is 0 Å². The molecule has 0 aromatic heterocycles. The number of hydrogen-bond donors (Lipinski definition) is 1. The van der Waals surface area contributed by atoms with Crippen LogP contribution in [-0.2, 0) is 14.3 Å². The molecule has 128 valence electrons. The highest BCUT2D eigenvalue weighted by atomic mass is 16.5. The highest BCUT2D eigenvalue weighted by Crippen LogP contribution is 2.18. The molecule has 0 bridgehead atoms. The van der Waals surface area contributed by atoms with Crippen LogP contribution in [-0.4, -0.2) is 49.6 Å². The van der Waals surface area contributed by atoms with Crippen LogP contribution in [0.4, 0.5) is 0 Å². The van der Waals surface area contributed by atoms with Gasteiger partial charge in [0.15, 0.2) is 0 Å². The lowest BCUT2D eigenvalue weighted by Crippen LogP contribution is -2.43. The molecule has 1 aliphatic rings. The van der Waals surface area contributed by atoms with Gasteiger partial charge in [-0.1, -0.05) is 32.6 Å². The van der Waals surface area contributed by atoms with Crippen LogP contribution in [0.3, 0.4) is 0 Å². The van der Waals surface area contributed by atoms with E-state index in [1.807, 2.05) is 6.92 Å². The summed E-state index contributed by atoms with van der Waals surface area (Å²) in [4.78, 5) is 25.7. The molecule has 0 aliphatic carbocycles. The molecular formula is C17H32N2O3. The fraction of sp³-hybridized carbons (Fsp3) is 0.882. The second kappa shape index (κ2) is 11.5. The van der Waals surface area contributed by atoms with Gasteiger partial charge in [0.1, 0.15) is 0 Å². The Morgan fingerprint density at radius 1 is 1.09 bits per heavy atom. The topological polar surface area (TPSA) is 58.6 Å². The minimum atomic E-state index is -0.0846. The van der Waals surface area contributed by atoms with Crippen LogP contribution in [0.1, 0.15) is 58.8 Å². The molecule has 5 heteroatoms. The van der Waals surface area contributed by atoms with Crippen LogP contribution in [0.2, 0.25) is 0 Å². The van der Waals surface area contributed by atoms with Gasteiger partial charge in [-0.2, -0.15) is 0 Å². The van der Waals surface area contributed by atoms with Gasteiger partial charge in [-0.3, -0.25) is 14.5 Å². The van der Waals surface area contributed by atoms with Gasteiger partial charge in [-0.25, -0.2) is 0 Å². The van der Waals surface area contributed by atoms with E-state index in [0.717, 1.165) is 38.9 Å². The second-order valence-corrected chi connectivity index (χ2v) is 6.07. The molecule has 1 fully saturated rings. The number of carbonyl (C=O) groups excluding carboxylic acids is 2. The maximum atomic E-state index is 11.9. The number of nitrogens with one attached hydrogen (secondary N) is 1. The third-order valence-electron chi connectivity index (χ3n) is 4.18. The van der Waals surface area contributed by atoms with Crippen LogP contribution in [0.25, 0.3) is 0 Å². The number of carbonyl (C=O) groups is 2. The van der Waals surface area contributed by atoms with E-state index < -0.39 is 0 Å². The molecule has 5 nitrogen and oxygen atoms in total. The third-order valence-corrected chi connectivity index (χ3v) is 4.18. The van der Waals surface area contributed by atoms with E-state index >= 15 is 0 Å². The normalized spacial score (nSPS) is 16.5. The Balaban J connectivity index is 2.08. The Hall–Kier alpha value is -1.10. The first-order chi connectivity index (χ1) is 10.7. The zero-order valence-corrected chi connectivity index (χ0v) is 14.2. The molecule has 0 radical (unpaired) electrons. The van der Waals surface area contributed by atoms with Crippen molar-refractivity contribution in [1.29, 1.82) is 0 Å². The van der Waals surface area contributed by atoms with E-state index in [2.05, 4.69) is 17.1 Å². The summed E-state index contributed by atoms with van der Waals surface area (Å²) in [5, 5.41) is 2.99. The molecule has 1 rings (SSSR count). The molecule has 1 N–H and O–H groups in total. The summed E-state index contributed by atoms with van der Waals surface area (Å²) in [5.41, 5.74) is 0. The van der Waals surface area contributed by atoms with Gasteiger partial charge in [0.05, 0.1) is 19.1 Å². The SMILES string of the molecule is CCCCCCCNC(=O)CN1CCC(C(=O)OCC)CC1. The van der Waals surface area contributed by atoms with E-state index in [9.17, 15) is 9.59 Å². The molecule has 0 aromatic carbocycles. The van der Waals surface area contributed by atoms with Gasteiger partial charge in [0.25, 0.3) is 0 Å². The largest absolute Gasteiger partial charge is 0.466 e. The number of rotatable bonds is 10. The summed E-state index contributed by atoms with van der Waals surface area (Å²) in [7, 11) is 0. The minimum absolute atomic E-state index is 0.0119. The van der Waals surface area contributed by atoms with Gasteiger partial charge >= 0.3 is 5.97 Å². The van der Waals surface area contributed by atoms with Crippen molar-refractivity contribution in [2.24, 2.45) is 5.92 Å². The van der Waals surface area contributed by atoms with Crippen LogP contribution in [0.15, 0.2) is 0 Å². The minimum Gasteiger partial charge on any atom is -0.466 e. The molecule has 0 aromatic rings. The summed E-state index contributed by atoms with van der Waals surface area (Å²) < 4.78 is 5.05. The van der Waals surface area contributed by atoms with Crippen LogP contribution in [0.5, 0.6) is 0 Å². The Bertz CT molecular complexity index is 326. The van der Waals surface area contributed by atoms with Crippen molar-refractivity contribution in [1.82, 2.24) is 10.2 Å². The molecule has 0 spiro atoms. The molecule has 0 atom stereocenters. The first kappa shape index (κ1) is 18.9. The average molecular weight is 312 g/mol. The van der Waals surface area contributed by atoms with Crippen molar-refractivity contribution < 1.29 is 14.3 Å². The van der Waals surface area contributed by atoms with Crippen LogP contribution in [0, 0.1) is 5.92 Å². The summed E-state index contributed by atoms with van der Waals surface area (Å²) in [6.07, 6.45) is 7.63. The first-order valence-electron chi connectivity index (χ1n) is 8.83. The lowest BCUT2D eigenvalue weighted by Gasteiger charge is -2.30. The lowest BCUT2D eigenvalue weighted by molar-refractivity contribution is -0.149. The van der Waals surface area contributed by atoms with E-state index in [0.29, 0.717) is 13.2 Å². The molecule has 22 heavy (non-hydrogen) atoms. The van der Waals surface area contributed by atoms with E-state index in [-0.39, 0.29) is 17.8 Å². The summed E-state index contributed by atoms with van der Waals surface area (Å²) in [6, 6.07) is 0. The number of esters is 1. The predicted octanol–water partition coefficient (Wildman–Crippen LogP) is 2.35. The van der Waals surface area contributed by atoms with Crippen molar-refractivity contribution in [2.75, 3.05) is 32.8 Å². The fourth-order valence-electron chi connectivity index (χ4n) is 2.80. The second-order valence-electron chi connectivity index (χ2n) is 6.07. The lowest BCUT2D eigenvalue weighted by atomic mass is 9.97. The third kappa shape index (κ3) is 7.78. The molecule has 1 heterocycles. The Kier molecular flexibility index (Phi) is 9.87. The Morgan fingerprint density at radius 3 is 2.41 bits per heavy atom. The fourth-order valence-corrected chi connectivity index (χ4v) is 2.80. The monoisotopic (exact) mass is 312 g/mol. The van der Waals surface area contributed by atoms with Crippen molar-refractivity contribution >= 4 is 11.9 Å². The molecule has 0 saturated carbocycles. The summed E-state index contributed by atoms with van der Waals surface area (Å²) >= 11 is 0. The number of likely N-dealkylation sites (tertiary alicyclic amines) is 1. The number of amides is 1. The molecule has 0 unspecified atom stereocenters. The number of unbranched alkanes of at least 4 members (excludes halogenated alkanes) is 4.